The molecule has 2 aliphatic heterocycles. The van der Waals surface area contributed by atoms with Crippen molar-refractivity contribution in [2.45, 2.75) is 37.3 Å². The van der Waals surface area contributed by atoms with Crippen LogP contribution in [0.25, 0.3) is 11.1 Å². The molecule has 1 unspecified atom stereocenters. The van der Waals surface area contributed by atoms with Gasteiger partial charge < -0.3 is 10.5 Å². The third-order valence-corrected chi connectivity index (χ3v) is 6.42. The van der Waals surface area contributed by atoms with E-state index in [1.165, 1.54) is 4.90 Å². The summed E-state index contributed by atoms with van der Waals surface area (Å²) in [5.41, 5.74) is 7.68. The van der Waals surface area contributed by atoms with E-state index in [4.69, 9.17) is 27.1 Å². The van der Waals surface area contributed by atoms with Crippen LogP contribution in [0.2, 0.25) is 5.02 Å². The summed E-state index contributed by atoms with van der Waals surface area (Å²) >= 11 is 6.12. The zero-order valence-corrected chi connectivity index (χ0v) is 16.3. The van der Waals surface area contributed by atoms with Gasteiger partial charge in [0, 0.05) is 36.5 Å². The fraction of sp³-hybridized carbons (Fsp3) is 0.381. The number of amides is 1. The van der Waals surface area contributed by atoms with Crippen LogP contribution in [0, 0.1) is 5.92 Å². The molecule has 7 heteroatoms. The number of carbonyl (C=O) groups is 1. The molecule has 5 rings (SSSR count). The first-order chi connectivity index (χ1) is 13.5. The molecule has 1 aliphatic carbocycles. The fourth-order valence-electron chi connectivity index (χ4n) is 4.84. The minimum atomic E-state index is -1.01. The Hall–Kier alpha value is -2.60. The van der Waals surface area contributed by atoms with Gasteiger partial charge in [0.05, 0.1) is 5.02 Å². The van der Waals surface area contributed by atoms with E-state index >= 15 is 0 Å². The second-order valence-corrected chi connectivity index (χ2v) is 8.19. The van der Waals surface area contributed by atoms with Gasteiger partial charge in [0.1, 0.15) is 11.9 Å². The van der Waals surface area contributed by atoms with Gasteiger partial charge in [0.25, 0.3) is 5.91 Å². The van der Waals surface area contributed by atoms with E-state index in [9.17, 15) is 4.79 Å². The van der Waals surface area contributed by atoms with Crippen molar-refractivity contribution in [3.05, 3.63) is 47.2 Å². The van der Waals surface area contributed by atoms with Gasteiger partial charge in [-0.15, -0.1) is 0 Å². The van der Waals surface area contributed by atoms with Gasteiger partial charge in [-0.2, -0.15) is 0 Å². The summed E-state index contributed by atoms with van der Waals surface area (Å²) in [7, 11) is 1.69. The summed E-state index contributed by atoms with van der Waals surface area (Å²) in [6.07, 6.45) is 7.32. The van der Waals surface area contributed by atoms with E-state index in [1.807, 2.05) is 24.3 Å². The maximum Gasteiger partial charge on any atom is 0.262 e. The first-order valence-corrected chi connectivity index (χ1v) is 9.94. The predicted molar refractivity (Wildman–Crippen MR) is 107 cm³/mol. The standard InChI is InChI=1S/C21H21ClN4O2/c1-26-19(27)21(25-20(26)23)15-4-2-3-5-17(15)28-18-7-6-12(9-16(18)21)13-8-14(22)11-24-10-13/h6-11,15,17H,2-5H2,1H3,(H2,23,25)/t15-,17+,21?/m1/s1. The van der Waals surface area contributed by atoms with Crippen LogP contribution in [0.15, 0.2) is 41.7 Å². The van der Waals surface area contributed by atoms with Gasteiger partial charge in [-0.1, -0.05) is 24.1 Å². The van der Waals surface area contributed by atoms with Crippen molar-refractivity contribution >= 4 is 23.5 Å². The monoisotopic (exact) mass is 396 g/mol. The fourth-order valence-corrected chi connectivity index (χ4v) is 5.01. The third kappa shape index (κ3) is 2.37. The quantitative estimate of drug-likeness (QED) is 0.801. The van der Waals surface area contributed by atoms with Crippen molar-refractivity contribution in [3.63, 3.8) is 0 Å². The molecule has 1 saturated carbocycles. The second kappa shape index (κ2) is 6.21. The van der Waals surface area contributed by atoms with Crippen LogP contribution < -0.4 is 10.5 Å². The summed E-state index contributed by atoms with van der Waals surface area (Å²) in [5.74, 6) is 0.879. The number of aliphatic imine (C=N–C) groups is 1. The molecular weight excluding hydrogens is 376 g/mol. The lowest BCUT2D eigenvalue weighted by Gasteiger charge is -2.46. The molecule has 0 bridgehead atoms. The smallest absolute Gasteiger partial charge is 0.262 e. The summed E-state index contributed by atoms with van der Waals surface area (Å²) in [6, 6.07) is 7.74. The lowest BCUT2D eigenvalue weighted by molar-refractivity contribution is -0.136. The van der Waals surface area contributed by atoms with Gasteiger partial charge in [-0.3, -0.25) is 14.7 Å². The van der Waals surface area contributed by atoms with Crippen molar-refractivity contribution < 1.29 is 9.53 Å². The number of aromatic nitrogens is 1. The molecule has 2 aromatic rings. The highest BCUT2D eigenvalue weighted by molar-refractivity contribution is 6.30. The second-order valence-electron chi connectivity index (χ2n) is 7.75. The number of carbonyl (C=O) groups excluding carboxylic acids is 1. The van der Waals surface area contributed by atoms with Gasteiger partial charge >= 0.3 is 0 Å². The predicted octanol–water partition coefficient (Wildman–Crippen LogP) is 3.34. The minimum absolute atomic E-state index is 0.0162. The van der Waals surface area contributed by atoms with Crippen LogP contribution in [0.4, 0.5) is 0 Å². The molecule has 2 N–H and O–H groups in total. The van der Waals surface area contributed by atoms with Crippen LogP contribution >= 0.6 is 11.6 Å². The number of rotatable bonds is 1. The number of hydrogen-bond acceptors (Lipinski definition) is 5. The Morgan fingerprint density at radius 2 is 2.04 bits per heavy atom. The maximum absolute atomic E-state index is 13.5. The Labute approximate surface area is 168 Å². The van der Waals surface area contributed by atoms with Gasteiger partial charge in [0.15, 0.2) is 11.5 Å². The van der Waals surface area contributed by atoms with E-state index in [0.29, 0.717) is 10.8 Å². The van der Waals surface area contributed by atoms with Gasteiger partial charge in [0.2, 0.25) is 0 Å². The van der Waals surface area contributed by atoms with Crippen LogP contribution in [0.5, 0.6) is 5.75 Å². The van der Waals surface area contributed by atoms with E-state index in [0.717, 1.165) is 42.4 Å². The van der Waals surface area contributed by atoms with E-state index in [-0.39, 0.29) is 23.9 Å². The summed E-state index contributed by atoms with van der Waals surface area (Å²) in [5, 5.41) is 0.562. The normalized spacial score (nSPS) is 28.6. The lowest BCUT2D eigenvalue weighted by Crippen LogP contribution is -2.53. The highest BCUT2D eigenvalue weighted by atomic mass is 35.5. The molecular formula is C21H21ClN4O2. The van der Waals surface area contributed by atoms with Crippen LogP contribution in [-0.2, 0) is 10.3 Å². The molecule has 1 amide bonds. The summed E-state index contributed by atoms with van der Waals surface area (Å²) < 4.78 is 6.33. The minimum Gasteiger partial charge on any atom is -0.490 e. The number of fused-ring (bicyclic) bond motifs is 4. The molecule has 3 atom stereocenters. The number of benzene rings is 1. The van der Waals surface area contributed by atoms with E-state index in [1.54, 1.807) is 19.4 Å². The highest BCUT2D eigenvalue weighted by Gasteiger charge is 2.60. The number of ether oxygens (including phenoxy) is 1. The molecule has 3 heterocycles. The Bertz CT molecular complexity index is 1010. The van der Waals surface area contributed by atoms with Crippen molar-refractivity contribution in [1.29, 1.82) is 0 Å². The molecule has 0 radical (unpaired) electrons. The summed E-state index contributed by atoms with van der Waals surface area (Å²) in [4.78, 5) is 23.9. The molecule has 1 fully saturated rings. The number of halogens is 1. The van der Waals surface area contributed by atoms with E-state index < -0.39 is 5.54 Å². The topological polar surface area (TPSA) is 80.8 Å². The number of guanidine groups is 1. The third-order valence-electron chi connectivity index (χ3n) is 6.21. The van der Waals surface area contributed by atoms with E-state index in [2.05, 4.69) is 4.98 Å². The Morgan fingerprint density at radius 1 is 1.21 bits per heavy atom. The van der Waals surface area contributed by atoms with Gasteiger partial charge in [-0.25, -0.2) is 4.99 Å². The van der Waals surface area contributed by atoms with Gasteiger partial charge in [-0.05, 0) is 43.0 Å². The van der Waals surface area contributed by atoms with Crippen molar-refractivity contribution in [3.8, 4) is 16.9 Å². The van der Waals surface area contributed by atoms with Crippen LogP contribution in [0.1, 0.15) is 31.2 Å². The van der Waals surface area contributed by atoms with Crippen molar-refractivity contribution in [1.82, 2.24) is 9.88 Å². The zero-order chi connectivity index (χ0) is 19.5. The molecule has 144 valence electrons. The number of pyridine rings is 1. The largest absolute Gasteiger partial charge is 0.490 e. The maximum atomic E-state index is 13.5. The highest BCUT2D eigenvalue weighted by Crippen LogP contribution is 2.53. The van der Waals surface area contributed by atoms with Crippen LogP contribution in [-0.4, -0.2) is 34.9 Å². The average Bonchev–Trinajstić information content (AvgIpc) is 2.93. The van der Waals surface area contributed by atoms with Crippen molar-refractivity contribution in [2.24, 2.45) is 16.6 Å². The Kier molecular flexibility index (Phi) is 3.88. The molecule has 28 heavy (non-hydrogen) atoms. The molecule has 1 aromatic carbocycles. The SMILES string of the molecule is CN1C(=O)C2(N=C1N)c1cc(-c3cncc(Cl)c3)ccc1O[C@H]1CCCC[C@H]12. The lowest BCUT2D eigenvalue weighted by atomic mass is 9.67. The number of hydrogen-bond donors (Lipinski definition) is 1. The molecule has 1 spiro atoms. The molecule has 0 saturated heterocycles. The Morgan fingerprint density at radius 3 is 2.79 bits per heavy atom. The molecule has 1 aromatic heterocycles. The molecule has 3 aliphatic rings. The Balaban J connectivity index is 1.73. The summed E-state index contributed by atoms with van der Waals surface area (Å²) in [6.45, 7) is 0. The first-order valence-electron chi connectivity index (χ1n) is 9.56. The number of nitrogens with zero attached hydrogens (tertiary/aromatic N) is 3. The number of likely N-dealkylation sites (N-methyl/N-ethyl adjacent to an activating group) is 1. The number of nitrogens with two attached hydrogens (primary N) is 1. The van der Waals surface area contributed by atoms with Crippen molar-refractivity contribution in [2.75, 3.05) is 7.05 Å². The molecule has 6 nitrogen and oxygen atoms in total. The van der Waals surface area contributed by atoms with Crippen LogP contribution in [0.3, 0.4) is 0 Å². The zero-order valence-electron chi connectivity index (χ0n) is 15.6. The average molecular weight is 397 g/mol. The first kappa shape index (κ1) is 17.5.